The maximum absolute atomic E-state index is 12.1. The smallest absolute Gasteiger partial charge is 0.251 e. The Labute approximate surface area is 122 Å². The zero-order valence-corrected chi connectivity index (χ0v) is 11.9. The fourth-order valence-corrected chi connectivity index (χ4v) is 1.98. The first-order valence-corrected chi connectivity index (χ1v) is 6.41. The number of nitrogens with zero attached hydrogens (tertiary/aromatic N) is 1. The fourth-order valence-electron chi connectivity index (χ4n) is 1.98. The number of nitrogen functional groups attached to an aromatic ring is 1. The molecule has 1 aromatic heterocycles. The summed E-state index contributed by atoms with van der Waals surface area (Å²) in [6.45, 7) is 1.71. The molecule has 0 atom stereocenters. The number of nitrogens with two attached hydrogens (primary N) is 1. The summed E-state index contributed by atoms with van der Waals surface area (Å²) in [5.41, 5.74) is 7.19. The van der Waals surface area contributed by atoms with Crippen LogP contribution in [0.3, 0.4) is 0 Å². The van der Waals surface area contributed by atoms with Crippen LogP contribution in [0.15, 0.2) is 41.2 Å². The van der Waals surface area contributed by atoms with Crippen molar-refractivity contribution >= 4 is 17.3 Å². The zero-order valence-electron chi connectivity index (χ0n) is 11.9. The van der Waals surface area contributed by atoms with E-state index in [0.29, 0.717) is 17.1 Å². The van der Waals surface area contributed by atoms with Crippen molar-refractivity contribution in [1.29, 1.82) is 0 Å². The van der Waals surface area contributed by atoms with Crippen molar-refractivity contribution < 1.29 is 9.53 Å². The van der Waals surface area contributed by atoms with Gasteiger partial charge in [0.05, 0.1) is 12.8 Å². The molecule has 0 spiro atoms. The number of rotatable bonds is 4. The third-order valence-electron chi connectivity index (χ3n) is 3.07. The lowest BCUT2D eigenvalue weighted by molar-refractivity contribution is -0.116. The lowest BCUT2D eigenvalue weighted by Crippen LogP contribution is -2.28. The second kappa shape index (κ2) is 6.13. The molecule has 0 bridgehead atoms. The molecule has 0 aliphatic carbocycles. The minimum absolute atomic E-state index is 0.0660. The first-order valence-electron chi connectivity index (χ1n) is 6.41. The molecule has 0 saturated heterocycles. The van der Waals surface area contributed by atoms with E-state index in [0.717, 1.165) is 5.69 Å². The maximum Gasteiger partial charge on any atom is 0.251 e. The number of carbonyl (C=O) groups excluding carboxylic acids is 1. The molecule has 1 amide bonds. The number of ether oxygens (including phenoxy) is 1. The van der Waals surface area contributed by atoms with Gasteiger partial charge in [-0.15, -0.1) is 0 Å². The van der Waals surface area contributed by atoms with Gasteiger partial charge in [0.1, 0.15) is 12.3 Å². The molecule has 0 saturated carbocycles. The average Bonchev–Trinajstić information content (AvgIpc) is 2.43. The topological polar surface area (TPSA) is 86.3 Å². The highest BCUT2D eigenvalue weighted by Crippen LogP contribution is 2.26. The Morgan fingerprint density at radius 3 is 2.76 bits per heavy atom. The van der Waals surface area contributed by atoms with Gasteiger partial charge in [0.25, 0.3) is 5.56 Å². The van der Waals surface area contributed by atoms with Gasteiger partial charge in [0, 0.05) is 17.4 Å². The molecule has 1 aromatic carbocycles. The van der Waals surface area contributed by atoms with Gasteiger partial charge in [-0.05, 0) is 31.2 Å². The molecule has 0 radical (unpaired) electrons. The zero-order chi connectivity index (χ0) is 15.4. The van der Waals surface area contributed by atoms with E-state index in [1.54, 1.807) is 37.3 Å². The molecular formula is C15H17N3O3. The Kier molecular flexibility index (Phi) is 4.27. The van der Waals surface area contributed by atoms with Crippen molar-refractivity contribution in [3.8, 4) is 5.75 Å². The van der Waals surface area contributed by atoms with Crippen LogP contribution in [0.5, 0.6) is 5.75 Å². The summed E-state index contributed by atoms with van der Waals surface area (Å²) < 4.78 is 6.56. The predicted octanol–water partition coefficient (Wildman–Crippen LogP) is 1.39. The quantitative estimate of drug-likeness (QED) is 0.832. The summed E-state index contributed by atoms with van der Waals surface area (Å²) in [6, 6.07) is 9.81. The van der Waals surface area contributed by atoms with Crippen LogP contribution in [0.25, 0.3) is 0 Å². The van der Waals surface area contributed by atoms with Crippen molar-refractivity contribution in [1.82, 2.24) is 4.57 Å². The van der Waals surface area contributed by atoms with Gasteiger partial charge in [-0.3, -0.25) is 9.59 Å². The summed E-state index contributed by atoms with van der Waals surface area (Å²) in [5, 5.41) is 2.70. The van der Waals surface area contributed by atoms with E-state index in [-0.39, 0.29) is 18.0 Å². The second-order valence-corrected chi connectivity index (χ2v) is 4.60. The van der Waals surface area contributed by atoms with Crippen molar-refractivity contribution in [2.24, 2.45) is 0 Å². The van der Waals surface area contributed by atoms with E-state index >= 15 is 0 Å². The summed E-state index contributed by atoms with van der Waals surface area (Å²) in [4.78, 5) is 23.8. The number of benzene rings is 1. The lowest BCUT2D eigenvalue weighted by atomic mass is 10.2. The van der Waals surface area contributed by atoms with E-state index in [1.165, 1.54) is 17.7 Å². The number of aryl methyl sites for hydroxylation is 1. The van der Waals surface area contributed by atoms with Crippen molar-refractivity contribution in [2.45, 2.75) is 13.5 Å². The Hall–Kier alpha value is -2.76. The van der Waals surface area contributed by atoms with Gasteiger partial charge in [-0.1, -0.05) is 6.07 Å². The van der Waals surface area contributed by atoms with Crippen LogP contribution in [0.4, 0.5) is 11.4 Å². The highest BCUT2D eigenvalue weighted by Gasteiger charge is 2.10. The van der Waals surface area contributed by atoms with E-state index in [4.69, 9.17) is 10.5 Å². The highest BCUT2D eigenvalue weighted by molar-refractivity contribution is 5.92. The first kappa shape index (κ1) is 14.6. The van der Waals surface area contributed by atoms with Gasteiger partial charge in [0.15, 0.2) is 0 Å². The van der Waals surface area contributed by atoms with Crippen LogP contribution in [0.2, 0.25) is 0 Å². The molecule has 1 heterocycles. The molecule has 110 valence electrons. The van der Waals surface area contributed by atoms with Gasteiger partial charge in [-0.2, -0.15) is 0 Å². The third kappa shape index (κ3) is 3.42. The summed E-state index contributed by atoms with van der Waals surface area (Å²) >= 11 is 0. The molecule has 0 fully saturated rings. The number of carbonyl (C=O) groups is 1. The van der Waals surface area contributed by atoms with E-state index in [9.17, 15) is 9.59 Å². The first-order chi connectivity index (χ1) is 10.0. The molecule has 2 rings (SSSR count). The lowest BCUT2D eigenvalue weighted by Gasteiger charge is -2.12. The Morgan fingerprint density at radius 2 is 2.10 bits per heavy atom. The number of hydrogen-bond donors (Lipinski definition) is 2. The van der Waals surface area contributed by atoms with Crippen LogP contribution in [0, 0.1) is 6.92 Å². The fraction of sp³-hybridized carbons (Fsp3) is 0.200. The summed E-state index contributed by atoms with van der Waals surface area (Å²) in [5.74, 6) is 0.185. The van der Waals surface area contributed by atoms with E-state index < -0.39 is 0 Å². The van der Waals surface area contributed by atoms with E-state index in [2.05, 4.69) is 5.32 Å². The van der Waals surface area contributed by atoms with Gasteiger partial charge >= 0.3 is 0 Å². The van der Waals surface area contributed by atoms with Gasteiger partial charge in [-0.25, -0.2) is 0 Å². The van der Waals surface area contributed by atoms with Crippen molar-refractivity contribution in [2.75, 3.05) is 18.2 Å². The maximum atomic E-state index is 12.1. The Morgan fingerprint density at radius 1 is 1.33 bits per heavy atom. The Balaban J connectivity index is 2.19. The summed E-state index contributed by atoms with van der Waals surface area (Å²) in [7, 11) is 1.51. The second-order valence-electron chi connectivity index (χ2n) is 4.60. The standard InChI is InChI=1S/C15H17N3O3/c1-10-4-3-5-15(20)18(10)9-14(19)17-12-8-11(16)6-7-13(12)21-2/h3-8H,9,16H2,1-2H3,(H,17,19). The van der Waals surface area contributed by atoms with Crippen molar-refractivity contribution in [3.05, 3.63) is 52.4 Å². The predicted molar refractivity (Wildman–Crippen MR) is 81.5 cm³/mol. The monoisotopic (exact) mass is 287 g/mol. The van der Waals surface area contributed by atoms with E-state index in [1.807, 2.05) is 0 Å². The third-order valence-corrected chi connectivity index (χ3v) is 3.07. The highest BCUT2D eigenvalue weighted by atomic mass is 16.5. The van der Waals surface area contributed by atoms with Crippen LogP contribution < -0.4 is 21.3 Å². The molecular weight excluding hydrogens is 270 g/mol. The number of amides is 1. The number of hydrogen-bond acceptors (Lipinski definition) is 4. The number of anilines is 2. The molecule has 0 aliphatic heterocycles. The minimum Gasteiger partial charge on any atom is -0.495 e. The average molecular weight is 287 g/mol. The number of aromatic nitrogens is 1. The van der Waals surface area contributed by atoms with Crippen LogP contribution >= 0.6 is 0 Å². The van der Waals surface area contributed by atoms with Crippen LogP contribution in [-0.2, 0) is 11.3 Å². The molecule has 3 N–H and O–H groups in total. The number of nitrogens with one attached hydrogen (secondary N) is 1. The molecule has 21 heavy (non-hydrogen) atoms. The van der Waals surface area contributed by atoms with Gasteiger partial charge in [0.2, 0.25) is 5.91 Å². The number of pyridine rings is 1. The van der Waals surface area contributed by atoms with Crippen LogP contribution in [-0.4, -0.2) is 17.6 Å². The SMILES string of the molecule is COc1ccc(N)cc1NC(=O)Cn1c(C)cccc1=O. The number of methoxy groups -OCH3 is 1. The molecule has 0 unspecified atom stereocenters. The molecule has 0 aliphatic rings. The van der Waals surface area contributed by atoms with Gasteiger partial charge < -0.3 is 20.4 Å². The van der Waals surface area contributed by atoms with Crippen LogP contribution in [0.1, 0.15) is 5.69 Å². The normalized spacial score (nSPS) is 10.2. The molecule has 6 nitrogen and oxygen atoms in total. The summed E-state index contributed by atoms with van der Waals surface area (Å²) in [6.07, 6.45) is 0. The Bertz CT molecular complexity index is 722. The molecule has 2 aromatic rings. The van der Waals surface area contributed by atoms with Crippen molar-refractivity contribution in [3.63, 3.8) is 0 Å². The largest absolute Gasteiger partial charge is 0.495 e. The minimum atomic E-state index is -0.324. The molecule has 6 heteroatoms.